The summed E-state index contributed by atoms with van der Waals surface area (Å²) in [7, 11) is 2.03. The minimum Gasteiger partial charge on any atom is -0.334 e. The van der Waals surface area contributed by atoms with E-state index in [1.807, 2.05) is 30.2 Å². The first-order valence-electron chi connectivity index (χ1n) is 15.3. The molecule has 45 heavy (non-hydrogen) atoms. The third kappa shape index (κ3) is 4.47. The van der Waals surface area contributed by atoms with Gasteiger partial charge in [-0.2, -0.15) is 5.10 Å². The molecule has 0 amide bonds. The Morgan fingerprint density at radius 2 is 1.29 bits per heavy atom. The van der Waals surface area contributed by atoms with Crippen molar-refractivity contribution in [3.63, 3.8) is 0 Å². The van der Waals surface area contributed by atoms with Crippen LogP contribution in [0.5, 0.6) is 0 Å². The van der Waals surface area contributed by atoms with Crippen molar-refractivity contribution in [2.24, 2.45) is 7.05 Å². The van der Waals surface area contributed by atoms with Gasteiger partial charge in [0.2, 0.25) is 0 Å². The number of nitrogens with zero attached hydrogens (tertiary/aromatic N) is 5. The lowest BCUT2D eigenvalue weighted by Gasteiger charge is -2.42. The number of aryl methyl sites for hydroxylation is 1. The first-order chi connectivity index (χ1) is 22.0. The molecule has 0 atom stereocenters. The number of rotatable bonds is 5. The summed E-state index contributed by atoms with van der Waals surface area (Å²) in [6.45, 7) is 4.64. The smallest absolute Gasteiger partial charge is 0.139 e. The highest BCUT2D eigenvalue weighted by atomic mass is 15.3. The van der Waals surface area contributed by atoms with Crippen LogP contribution in [0.25, 0.3) is 39.5 Å². The Bertz CT molecular complexity index is 2100. The van der Waals surface area contributed by atoms with E-state index in [1.165, 1.54) is 16.8 Å². The van der Waals surface area contributed by atoms with E-state index >= 15 is 0 Å². The summed E-state index contributed by atoms with van der Waals surface area (Å²) in [5, 5.41) is 5.20. The third-order valence-corrected chi connectivity index (χ3v) is 9.01. The van der Waals surface area contributed by atoms with Crippen LogP contribution in [0, 0.1) is 0 Å². The summed E-state index contributed by atoms with van der Waals surface area (Å²) >= 11 is 0. The topological polar surface area (TPSA) is 38.9 Å². The minimum atomic E-state index is -0.188. The summed E-state index contributed by atoms with van der Waals surface area (Å²) in [6.07, 6.45) is 5.99. The van der Waals surface area contributed by atoms with Gasteiger partial charge >= 0.3 is 0 Å². The average molecular weight is 584 g/mol. The molecule has 1 aliphatic heterocycles. The second-order valence-electron chi connectivity index (χ2n) is 12.2. The van der Waals surface area contributed by atoms with Crippen LogP contribution in [0.15, 0.2) is 146 Å². The Kier molecular flexibility index (Phi) is 6.27. The van der Waals surface area contributed by atoms with Gasteiger partial charge in [0.15, 0.2) is 0 Å². The van der Waals surface area contributed by atoms with Gasteiger partial charge in [0.05, 0.1) is 17.1 Å². The molecule has 7 aromatic rings. The molecule has 0 fully saturated rings. The molecule has 0 bridgehead atoms. The van der Waals surface area contributed by atoms with Crippen molar-refractivity contribution in [2.75, 3.05) is 4.90 Å². The molecule has 1 aliphatic rings. The highest BCUT2D eigenvalue weighted by molar-refractivity contribution is 5.88. The van der Waals surface area contributed by atoms with E-state index in [-0.39, 0.29) is 5.41 Å². The zero-order chi connectivity index (χ0) is 30.5. The van der Waals surface area contributed by atoms with Crippen molar-refractivity contribution in [3.8, 4) is 39.5 Å². The molecule has 5 nitrogen and oxygen atoms in total. The average Bonchev–Trinajstić information content (AvgIpc) is 3.73. The van der Waals surface area contributed by atoms with Gasteiger partial charge in [-0.1, -0.05) is 111 Å². The van der Waals surface area contributed by atoms with Crippen LogP contribution < -0.4 is 4.90 Å². The van der Waals surface area contributed by atoms with Crippen molar-refractivity contribution in [2.45, 2.75) is 19.3 Å². The molecule has 0 unspecified atom stereocenters. The molecule has 5 heteroatoms. The largest absolute Gasteiger partial charge is 0.334 e. The number of hydrogen-bond acceptors (Lipinski definition) is 3. The van der Waals surface area contributed by atoms with Crippen LogP contribution in [0.2, 0.25) is 0 Å². The predicted molar refractivity (Wildman–Crippen MR) is 183 cm³/mol. The van der Waals surface area contributed by atoms with Gasteiger partial charge in [0.25, 0.3) is 0 Å². The molecular weight excluding hydrogens is 550 g/mol. The number of hydrogen-bond donors (Lipinski definition) is 0. The second-order valence-corrected chi connectivity index (χ2v) is 12.2. The minimum absolute atomic E-state index is 0.188. The third-order valence-electron chi connectivity index (χ3n) is 9.01. The molecule has 0 spiro atoms. The Hall–Kier alpha value is -5.68. The monoisotopic (exact) mass is 583 g/mol. The molecular formula is C40H33N5. The maximum absolute atomic E-state index is 5.20. The van der Waals surface area contributed by atoms with E-state index in [0.717, 1.165) is 50.8 Å². The standard InChI is InChI=1S/C40H33N5/c1-40(2)34-19-10-11-20-36(34)45(32-18-12-17-30(25-32)39-41-23-24-43(39)3)37-26-31(21-22-35(37)40)44-27-33(28-13-6-4-7-14-28)38(42-44)29-15-8-5-9-16-29/h4-27H,1-3H3. The molecule has 3 heterocycles. The first kappa shape index (κ1) is 26.9. The fourth-order valence-electron chi connectivity index (χ4n) is 6.70. The molecule has 0 saturated carbocycles. The van der Waals surface area contributed by atoms with Gasteiger partial charge in [0.1, 0.15) is 11.5 Å². The lowest BCUT2D eigenvalue weighted by molar-refractivity contribution is 0.631. The fraction of sp³-hybridized carbons (Fsp3) is 0.100. The molecule has 0 aliphatic carbocycles. The summed E-state index contributed by atoms with van der Waals surface area (Å²) in [5.41, 5.74) is 12.2. The highest BCUT2D eigenvalue weighted by Crippen LogP contribution is 2.52. The van der Waals surface area contributed by atoms with Crippen molar-refractivity contribution in [3.05, 3.63) is 157 Å². The molecule has 2 aromatic heterocycles. The number of imidazole rings is 1. The van der Waals surface area contributed by atoms with E-state index in [1.54, 1.807) is 0 Å². The van der Waals surface area contributed by atoms with Crippen molar-refractivity contribution < 1.29 is 0 Å². The van der Waals surface area contributed by atoms with Crippen molar-refractivity contribution >= 4 is 17.1 Å². The molecule has 0 saturated heterocycles. The Balaban J connectivity index is 1.32. The Morgan fingerprint density at radius 3 is 2.04 bits per heavy atom. The number of anilines is 3. The van der Waals surface area contributed by atoms with Gasteiger partial charge in [-0.05, 0) is 47.0 Å². The van der Waals surface area contributed by atoms with Crippen LogP contribution in [0.1, 0.15) is 25.0 Å². The normalized spacial score (nSPS) is 13.4. The van der Waals surface area contributed by atoms with Crippen LogP contribution in [0.4, 0.5) is 17.1 Å². The summed E-state index contributed by atoms with van der Waals surface area (Å²) in [5.74, 6) is 0.940. The van der Waals surface area contributed by atoms with Crippen LogP contribution in [0.3, 0.4) is 0 Å². The first-order valence-corrected chi connectivity index (χ1v) is 15.3. The second kappa shape index (κ2) is 10.5. The predicted octanol–water partition coefficient (Wildman–Crippen LogP) is 9.72. The van der Waals surface area contributed by atoms with E-state index < -0.39 is 0 Å². The maximum Gasteiger partial charge on any atom is 0.139 e. The molecule has 218 valence electrons. The Labute approximate surface area is 263 Å². The van der Waals surface area contributed by atoms with Gasteiger partial charge < -0.3 is 9.47 Å². The maximum atomic E-state index is 5.20. The lowest BCUT2D eigenvalue weighted by atomic mass is 9.73. The summed E-state index contributed by atoms with van der Waals surface area (Å²) in [4.78, 5) is 7.03. The van der Waals surface area contributed by atoms with Gasteiger partial charge in [0, 0.05) is 53.4 Å². The van der Waals surface area contributed by atoms with E-state index in [0.29, 0.717) is 0 Å². The lowest BCUT2D eigenvalue weighted by Crippen LogP contribution is -2.30. The molecule has 0 N–H and O–H groups in total. The SMILES string of the molecule is Cn1ccnc1-c1cccc(N2c3ccccc3C(C)(C)c3ccc(-n4cc(-c5ccccc5)c(-c5ccccc5)n4)cc32)c1. The zero-order valence-corrected chi connectivity index (χ0v) is 25.6. The van der Waals surface area contributed by atoms with Gasteiger partial charge in [-0.25, -0.2) is 9.67 Å². The highest BCUT2D eigenvalue weighted by Gasteiger charge is 2.37. The summed E-state index contributed by atoms with van der Waals surface area (Å²) < 4.78 is 4.09. The van der Waals surface area contributed by atoms with Crippen molar-refractivity contribution in [1.29, 1.82) is 0 Å². The van der Waals surface area contributed by atoms with E-state index in [4.69, 9.17) is 5.10 Å². The fourth-order valence-corrected chi connectivity index (χ4v) is 6.70. The number of benzene rings is 5. The van der Waals surface area contributed by atoms with Crippen LogP contribution in [-0.2, 0) is 12.5 Å². The number of fused-ring (bicyclic) bond motifs is 2. The van der Waals surface area contributed by atoms with Crippen molar-refractivity contribution in [1.82, 2.24) is 19.3 Å². The molecule has 8 rings (SSSR count). The van der Waals surface area contributed by atoms with Crippen LogP contribution >= 0.6 is 0 Å². The van der Waals surface area contributed by atoms with Gasteiger partial charge in [-0.3, -0.25) is 0 Å². The summed E-state index contributed by atoms with van der Waals surface area (Å²) in [6, 6.07) is 45.2. The quantitative estimate of drug-likeness (QED) is 0.202. The van der Waals surface area contributed by atoms with E-state index in [2.05, 4.69) is 156 Å². The van der Waals surface area contributed by atoms with Crippen LogP contribution in [-0.4, -0.2) is 19.3 Å². The molecule has 0 radical (unpaired) electrons. The number of aromatic nitrogens is 4. The van der Waals surface area contributed by atoms with Gasteiger partial charge in [-0.15, -0.1) is 0 Å². The molecule has 5 aromatic carbocycles. The number of para-hydroxylation sites is 1. The zero-order valence-electron chi connectivity index (χ0n) is 25.6. The Morgan fingerprint density at radius 1 is 0.600 bits per heavy atom. The van der Waals surface area contributed by atoms with E-state index in [9.17, 15) is 0 Å².